The first-order valence-corrected chi connectivity index (χ1v) is 11.7. The lowest BCUT2D eigenvalue weighted by atomic mass is 10.2. The lowest BCUT2D eigenvalue weighted by molar-refractivity contribution is 0.402. The largest absolute Gasteiger partial charge is 0.356 e. The number of para-hydroxylation sites is 1. The standard InChI is InChI=1S/C16H19N5O5S2/c22-27(23,11-14-13-4-1-2-5-15(13)26-19-14)20-6-3-7-21(9-8-20)28(24,25)16-10-17-12-18-16/h1-2,4-5,10,12H,3,6-9,11H2,(H,17,18). The smallest absolute Gasteiger partial charge is 0.260 e. The highest BCUT2D eigenvalue weighted by Gasteiger charge is 2.32. The number of nitrogens with one attached hydrogen (secondary N) is 1. The summed E-state index contributed by atoms with van der Waals surface area (Å²) < 4.78 is 58.8. The van der Waals surface area contributed by atoms with Gasteiger partial charge in [-0.05, 0) is 18.6 Å². The molecule has 1 aliphatic rings. The summed E-state index contributed by atoms with van der Waals surface area (Å²) in [5.74, 6) is -0.294. The molecule has 0 radical (unpaired) electrons. The molecule has 0 amide bonds. The number of rotatable bonds is 5. The number of benzene rings is 1. The Morgan fingerprint density at radius 2 is 1.79 bits per heavy atom. The summed E-state index contributed by atoms with van der Waals surface area (Å²) in [4.78, 5) is 6.34. The zero-order valence-corrected chi connectivity index (χ0v) is 16.5. The van der Waals surface area contributed by atoms with Gasteiger partial charge in [-0.15, -0.1) is 0 Å². The number of nitrogens with zero attached hydrogens (tertiary/aromatic N) is 4. The molecule has 0 bridgehead atoms. The van der Waals surface area contributed by atoms with Crippen LogP contribution in [-0.4, -0.2) is 66.7 Å². The van der Waals surface area contributed by atoms with E-state index in [9.17, 15) is 16.8 Å². The van der Waals surface area contributed by atoms with E-state index in [1.54, 1.807) is 24.3 Å². The normalized spacial score (nSPS) is 17.7. The fourth-order valence-electron chi connectivity index (χ4n) is 3.22. The van der Waals surface area contributed by atoms with E-state index < -0.39 is 20.0 Å². The third-order valence-corrected chi connectivity index (χ3v) is 8.28. The van der Waals surface area contributed by atoms with Gasteiger partial charge in [0.2, 0.25) is 10.0 Å². The topological polar surface area (TPSA) is 129 Å². The summed E-state index contributed by atoms with van der Waals surface area (Å²) in [6.45, 7) is 0.624. The molecule has 1 aliphatic heterocycles. The van der Waals surface area contributed by atoms with Crippen LogP contribution in [0.1, 0.15) is 12.1 Å². The van der Waals surface area contributed by atoms with Gasteiger partial charge >= 0.3 is 0 Å². The SMILES string of the molecule is O=S(=O)(Cc1noc2ccccc12)N1CCCN(S(=O)(=O)c2cnc[nH]2)CC1. The number of imidazole rings is 1. The second-order valence-electron chi connectivity index (χ2n) is 6.45. The summed E-state index contributed by atoms with van der Waals surface area (Å²) in [5, 5.41) is 4.54. The molecule has 0 spiro atoms. The molecule has 1 N–H and O–H groups in total. The highest BCUT2D eigenvalue weighted by atomic mass is 32.2. The van der Waals surface area contributed by atoms with E-state index in [1.165, 1.54) is 21.1 Å². The average molecular weight is 425 g/mol. The van der Waals surface area contributed by atoms with Gasteiger partial charge < -0.3 is 9.51 Å². The van der Waals surface area contributed by atoms with Crippen molar-refractivity contribution in [2.45, 2.75) is 17.2 Å². The Hall–Kier alpha value is -2.28. The first-order valence-electron chi connectivity index (χ1n) is 8.67. The Morgan fingerprint density at radius 3 is 2.57 bits per heavy atom. The van der Waals surface area contributed by atoms with E-state index in [0.717, 1.165) is 0 Å². The fourth-order valence-corrected chi connectivity index (χ4v) is 6.09. The molecule has 12 heteroatoms. The fraction of sp³-hybridized carbons (Fsp3) is 0.375. The molecule has 0 saturated carbocycles. The van der Waals surface area contributed by atoms with Crippen LogP contribution >= 0.6 is 0 Å². The van der Waals surface area contributed by atoms with Crippen LogP contribution in [0.3, 0.4) is 0 Å². The molecular formula is C16H19N5O5S2. The molecule has 1 saturated heterocycles. The van der Waals surface area contributed by atoms with Gasteiger partial charge in [0.25, 0.3) is 10.0 Å². The van der Waals surface area contributed by atoms with Crippen molar-refractivity contribution in [1.29, 1.82) is 0 Å². The van der Waals surface area contributed by atoms with E-state index in [4.69, 9.17) is 4.52 Å². The van der Waals surface area contributed by atoms with E-state index in [1.807, 2.05) is 0 Å². The Morgan fingerprint density at radius 1 is 1.04 bits per heavy atom. The Kier molecular flexibility index (Phi) is 4.95. The third-order valence-electron chi connectivity index (χ3n) is 4.67. The third kappa shape index (κ3) is 3.55. The lowest BCUT2D eigenvalue weighted by Gasteiger charge is -2.20. The molecular weight excluding hydrogens is 406 g/mol. The van der Waals surface area contributed by atoms with Crippen LogP contribution in [0.25, 0.3) is 11.0 Å². The molecule has 3 aromatic rings. The van der Waals surface area contributed by atoms with Crippen LogP contribution < -0.4 is 0 Å². The van der Waals surface area contributed by atoms with Crippen LogP contribution in [0.4, 0.5) is 0 Å². The summed E-state index contributed by atoms with van der Waals surface area (Å²) in [7, 11) is -7.40. The van der Waals surface area contributed by atoms with Gasteiger partial charge in [-0.3, -0.25) is 0 Å². The molecule has 0 unspecified atom stereocenters. The molecule has 1 fully saturated rings. The van der Waals surface area contributed by atoms with Gasteiger partial charge in [-0.25, -0.2) is 26.1 Å². The predicted molar refractivity (Wildman–Crippen MR) is 100 cm³/mol. The Balaban J connectivity index is 1.50. The van der Waals surface area contributed by atoms with E-state index >= 15 is 0 Å². The van der Waals surface area contributed by atoms with Crippen LogP contribution in [-0.2, 0) is 25.8 Å². The average Bonchev–Trinajstić information content (AvgIpc) is 3.26. The van der Waals surface area contributed by atoms with E-state index in [-0.39, 0.29) is 37.0 Å². The number of sulfonamides is 2. The van der Waals surface area contributed by atoms with Crippen molar-refractivity contribution in [1.82, 2.24) is 23.7 Å². The van der Waals surface area contributed by atoms with Gasteiger partial charge in [-0.1, -0.05) is 17.3 Å². The van der Waals surface area contributed by atoms with Crippen LogP contribution in [0, 0.1) is 0 Å². The van der Waals surface area contributed by atoms with Crippen molar-refractivity contribution in [3.8, 4) is 0 Å². The molecule has 150 valence electrons. The summed E-state index contributed by atoms with van der Waals surface area (Å²) in [6, 6.07) is 7.06. The monoisotopic (exact) mass is 425 g/mol. The lowest BCUT2D eigenvalue weighted by Crippen LogP contribution is -2.38. The van der Waals surface area contributed by atoms with Gasteiger partial charge in [0.1, 0.15) is 11.4 Å². The first kappa shape index (κ1) is 19.1. The minimum atomic E-state index is -3.72. The molecule has 0 aliphatic carbocycles. The van der Waals surface area contributed by atoms with Crippen LogP contribution in [0.15, 0.2) is 46.3 Å². The summed E-state index contributed by atoms with van der Waals surface area (Å²) >= 11 is 0. The molecule has 4 rings (SSSR count). The quantitative estimate of drug-likeness (QED) is 0.639. The minimum absolute atomic E-state index is 0.00197. The van der Waals surface area contributed by atoms with Gasteiger partial charge in [0.15, 0.2) is 10.6 Å². The number of aromatic amines is 1. The molecule has 0 atom stereocenters. The summed E-state index contributed by atoms with van der Waals surface area (Å²) in [5.41, 5.74) is 0.877. The molecule has 2 aromatic heterocycles. The maximum absolute atomic E-state index is 12.9. The van der Waals surface area contributed by atoms with Gasteiger partial charge in [0.05, 0.1) is 12.5 Å². The summed E-state index contributed by atoms with van der Waals surface area (Å²) in [6.07, 6.45) is 2.93. The van der Waals surface area contributed by atoms with Crippen LogP contribution in [0.2, 0.25) is 0 Å². The zero-order valence-electron chi connectivity index (χ0n) is 14.9. The van der Waals surface area contributed by atoms with Crippen molar-refractivity contribution in [3.63, 3.8) is 0 Å². The number of hydrogen-bond acceptors (Lipinski definition) is 7. The first-order chi connectivity index (χ1) is 13.4. The maximum atomic E-state index is 12.9. The molecule has 10 nitrogen and oxygen atoms in total. The highest BCUT2D eigenvalue weighted by Crippen LogP contribution is 2.22. The van der Waals surface area contributed by atoms with Crippen molar-refractivity contribution in [2.75, 3.05) is 26.2 Å². The molecule has 1 aromatic carbocycles. The highest BCUT2D eigenvalue weighted by molar-refractivity contribution is 7.89. The van der Waals surface area contributed by atoms with Crippen LogP contribution in [0.5, 0.6) is 0 Å². The van der Waals surface area contributed by atoms with Crippen molar-refractivity contribution in [2.24, 2.45) is 0 Å². The molecule has 28 heavy (non-hydrogen) atoms. The van der Waals surface area contributed by atoms with Gasteiger partial charge in [0, 0.05) is 31.6 Å². The van der Waals surface area contributed by atoms with Gasteiger partial charge in [-0.2, -0.15) is 4.31 Å². The second-order valence-corrected chi connectivity index (χ2v) is 10.3. The second kappa shape index (κ2) is 7.28. The number of aromatic nitrogens is 3. The van der Waals surface area contributed by atoms with Crippen molar-refractivity contribution < 1.29 is 21.4 Å². The van der Waals surface area contributed by atoms with Crippen molar-refractivity contribution >= 4 is 31.0 Å². The Bertz CT molecular complexity index is 1170. The number of hydrogen-bond donors (Lipinski definition) is 1. The van der Waals surface area contributed by atoms with E-state index in [2.05, 4.69) is 15.1 Å². The van der Waals surface area contributed by atoms with E-state index in [0.29, 0.717) is 23.1 Å². The predicted octanol–water partition coefficient (Wildman–Crippen LogP) is 0.777. The zero-order chi connectivity index (χ0) is 19.8. The van der Waals surface area contributed by atoms with Crippen molar-refractivity contribution in [3.05, 3.63) is 42.5 Å². The number of fused-ring (bicyclic) bond motifs is 1. The molecule has 3 heterocycles. The Labute approximate surface area is 162 Å². The number of H-pyrrole nitrogens is 1. The maximum Gasteiger partial charge on any atom is 0.260 e. The minimum Gasteiger partial charge on any atom is -0.356 e.